The van der Waals surface area contributed by atoms with Gasteiger partial charge in [-0.05, 0) is 45.2 Å². The highest BCUT2D eigenvalue weighted by molar-refractivity contribution is 6.28. The van der Waals surface area contributed by atoms with Crippen LogP contribution in [0.5, 0.6) is 0 Å². The molecule has 0 bridgehead atoms. The van der Waals surface area contributed by atoms with Crippen LogP contribution in [0, 0.1) is 5.41 Å². The van der Waals surface area contributed by atoms with Gasteiger partial charge in [-0.2, -0.15) is 4.98 Å². The first-order valence-corrected chi connectivity index (χ1v) is 8.95. The summed E-state index contributed by atoms with van der Waals surface area (Å²) in [6.07, 6.45) is 7.21. The van der Waals surface area contributed by atoms with Crippen molar-refractivity contribution in [1.82, 2.24) is 9.97 Å². The number of hydrogen-bond acceptors (Lipinski definition) is 6. The minimum atomic E-state index is -0.669. The van der Waals surface area contributed by atoms with Gasteiger partial charge < -0.3 is 15.4 Å². The van der Waals surface area contributed by atoms with Crippen LogP contribution in [-0.2, 0) is 9.53 Å². The lowest BCUT2D eigenvalue weighted by Gasteiger charge is -2.39. The van der Waals surface area contributed by atoms with Crippen molar-refractivity contribution in [3.63, 3.8) is 0 Å². The Bertz CT molecular complexity index is 574. The van der Waals surface area contributed by atoms with Gasteiger partial charge in [-0.15, -0.1) is 0 Å². The van der Waals surface area contributed by atoms with Crippen LogP contribution in [0.25, 0.3) is 0 Å². The van der Waals surface area contributed by atoms with E-state index in [9.17, 15) is 4.79 Å². The summed E-state index contributed by atoms with van der Waals surface area (Å²) in [7, 11) is 0. The van der Waals surface area contributed by atoms with Crippen LogP contribution in [-0.4, -0.2) is 35.1 Å². The van der Waals surface area contributed by atoms with Crippen molar-refractivity contribution >= 4 is 29.1 Å². The number of esters is 1. The Labute approximate surface area is 148 Å². The zero-order valence-corrected chi connectivity index (χ0v) is 15.5. The van der Waals surface area contributed by atoms with Gasteiger partial charge in [0.05, 0.1) is 23.9 Å². The predicted octanol–water partition coefficient (Wildman–Crippen LogP) is 3.44. The minimum Gasteiger partial charge on any atom is -0.466 e. The molecule has 1 heterocycles. The van der Waals surface area contributed by atoms with Gasteiger partial charge in [-0.1, -0.05) is 19.3 Å². The SMILES string of the molecule is CCOC(=O)C(C)(C)CN(c1nc(Cl)ncc1N)C1CCCCC1. The molecule has 0 atom stereocenters. The van der Waals surface area contributed by atoms with Crippen molar-refractivity contribution < 1.29 is 9.53 Å². The van der Waals surface area contributed by atoms with Crippen molar-refractivity contribution in [2.45, 2.75) is 58.9 Å². The average Bonchev–Trinajstić information content (AvgIpc) is 2.56. The molecule has 0 radical (unpaired) electrons. The van der Waals surface area contributed by atoms with Gasteiger partial charge in [0.2, 0.25) is 5.28 Å². The van der Waals surface area contributed by atoms with Crippen LogP contribution >= 0.6 is 11.6 Å². The van der Waals surface area contributed by atoms with E-state index >= 15 is 0 Å². The van der Waals surface area contributed by atoms with E-state index in [1.54, 1.807) is 0 Å². The molecule has 6 nitrogen and oxygen atoms in total. The molecule has 1 saturated carbocycles. The molecule has 0 saturated heterocycles. The second kappa shape index (κ2) is 8.01. The fourth-order valence-corrected chi connectivity index (χ4v) is 3.31. The Balaban J connectivity index is 2.32. The van der Waals surface area contributed by atoms with Crippen LogP contribution in [0.15, 0.2) is 6.20 Å². The molecule has 7 heteroatoms. The van der Waals surface area contributed by atoms with Crippen LogP contribution in [0.3, 0.4) is 0 Å². The third kappa shape index (κ3) is 4.50. The number of carbonyl (C=O) groups is 1. The minimum absolute atomic E-state index is 0.161. The topological polar surface area (TPSA) is 81.3 Å². The molecule has 1 fully saturated rings. The zero-order valence-electron chi connectivity index (χ0n) is 14.7. The van der Waals surface area contributed by atoms with Crippen molar-refractivity contribution in [2.24, 2.45) is 5.41 Å². The van der Waals surface area contributed by atoms with E-state index in [0.29, 0.717) is 30.7 Å². The Morgan fingerprint density at radius 2 is 2.08 bits per heavy atom. The summed E-state index contributed by atoms with van der Waals surface area (Å²) in [5.41, 5.74) is 5.92. The number of rotatable bonds is 6. The molecule has 2 rings (SSSR count). The smallest absolute Gasteiger partial charge is 0.313 e. The Kier molecular flexibility index (Phi) is 6.27. The number of aromatic nitrogens is 2. The zero-order chi connectivity index (χ0) is 17.7. The van der Waals surface area contributed by atoms with E-state index in [-0.39, 0.29) is 11.3 Å². The second-order valence-corrected chi connectivity index (χ2v) is 7.28. The van der Waals surface area contributed by atoms with Crippen LogP contribution in [0.2, 0.25) is 5.28 Å². The van der Waals surface area contributed by atoms with E-state index < -0.39 is 5.41 Å². The monoisotopic (exact) mass is 354 g/mol. The van der Waals surface area contributed by atoms with E-state index in [2.05, 4.69) is 14.9 Å². The highest BCUT2D eigenvalue weighted by atomic mass is 35.5. The molecule has 0 aliphatic heterocycles. The third-order valence-corrected chi connectivity index (χ3v) is 4.63. The number of nitrogen functional groups attached to an aromatic ring is 1. The van der Waals surface area contributed by atoms with Crippen molar-refractivity contribution in [1.29, 1.82) is 0 Å². The van der Waals surface area contributed by atoms with Crippen LogP contribution < -0.4 is 10.6 Å². The van der Waals surface area contributed by atoms with E-state index in [1.165, 1.54) is 25.5 Å². The van der Waals surface area contributed by atoms with Gasteiger partial charge in [-0.25, -0.2) is 4.98 Å². The maximum atomic E-state index is 12.3. The molecule has 1 aromatic heterocycles. The molecule has 2 N–H and O–H groups in total. The molecule has 0 unspecified atom stereocenters. The third-order valence-electron chi connectivity index (χ3n) is 4.45. The average molecular weight is 355 g/mol. The number of halogens is 1. The molecule has 1 aromatic rings. The quantitative estimate of drug-likeness (QED) is 0.622. The summed E-state index contributed by atoms with van der Waals surface area (Å²) in [4.78, 5) is 22.7. The molecule has 0 amide bonds. The fourth-order valence-electron chi connectivity index (χ4n) is 3.18. The van der Waals surface area contributed by atoms with Gasteiger partial charge in [-0.3, -0.25) is 4.79 Å². The summed E-state index contributed by atoms with van der Waals surface area (Å²) in [6, 6.07) is 0.292. The molecular formula is C17H27ClN4O2. The number of carbonyl (C=O) groups excluding carboxylic acids is 1. The maximum absolute atomic E-state index is 12.3. The first kappa shape index (κ1) is 18.8. The van der Waals surface area contributed by atoms with E-state index in [1.807, 2.05) is 20.8 Å². The Morgan fingerprint density at radius 3 is 2.71 bits per heavy atom. The maximum Gasteiger partial charge on any atom is 0.313 e. The standard InChI is InChI=1S/C17H27ClN4O2/c1-4-24-15(23)17(2,3)11-22(12-8-6-5-7-9-12)14-13(19)10-20-16(18)21-14/h10,12H,4-9,11,19H2,1-3H3. The fraction of sp³-hybridized carbons (Fsp3) is 0.706. The van der Waals surface area contributed by atoms with E-state index in [0.717, 1.165) is 12.8 Å². The Hall–Kier alpha value is -1.56. The highest BCUT2D eigenvalue weighted by Crippen LogP contribution is 2.33. The summed E-state index contributed by atoms with van der Waals surface area (Å²) in [5.74, 6) is 0.392. The van der Waals surface area contributed by atoms with Crippen molar-refractivity contribution in [3.8, 4) is 0 Å². The van der Waals surface area contributed by atoms with E-state index in [4.69, 9.17) is 22.1 Å². The molecule has 0 spiro atoms. The molecule has 0 aromatic carbocycles. The summed E-state index contributed by atoms with van der Waals surface area (Å²) in [5, 5.41) is 0.161. The molecule has 24 heavy (non-hydrogen) atoms. The molecule has 134 valence electrons. The number of anilines is 2. The van der Waals surface area contributed by atoms with Gasteiger partial charge in [0.15, 0.2) is 5.82 Å². The predicted molar refractivity (Wildman–Crippen MR) is 96.1 cm³/mol. The molecule has 1 aliphatic carbocycles. The van der Waals surface area contributed by atoms with Gasteiger partial charge in [0, 0.05) is 12.6 Å². The number of ether oxygens (including phenoxy) is 1. The lowest BCUT2D eigenvalue weighted by Crippen LogP contribution is -2.46. The summed E-state index contributed by atoms with van der Waals surface area (Å²) in [6.45, 7) is 6.44. The second-order valence-electron chi connectivity index (χ2n) is 6.94. The Morgan fingerprint density at radius 1 is 1.42 bits per heavy atom. The largest absolute Gasteiger partial charge is 0.466 e. The van der Waals surface area contributed by atoms with Gasteiger partial charge in [0.1, 0.15) is 0 Å². The first-order valence-electron chi connectivity index (χ1n) is 8.57. The highest BCUT2D eigenvalue weighted by Gasteiger charge is 2.35. The van der Waals surface area contributed by atoms with Gasteiger partial charge in [0.25, 0.3) is 0 Å². The number of nitrogens with zero attached hydrogens (tertiary/aromatic N) is 3. The summed E-state index contributed by atoms with van der Waals surface area (Å²) < 4.78 is 5.23. The normalized spacial score (nSPS) is 16.0. The lowest BCUT2D eigenvalue weighted by molar-refractivity contribution is -0.152. The summed E-state index contributed by atoms with van der Waals surface area (Å²) >= 11 is 5.99. The molecular weight excluding hydrogens is 328 g/mol. The first-order chi connectivity index (χ1) is 11.3. The number of hydrogen-bond donors (Lipinski definition) is 1. The van der Waals surface area contributed by atoms with Crippen molar-refractivity contribution in [2.75, 3.05) is 23.8 Å². The van der Waals surface area contributed by atoms with Crippen molar-refractivity contribution in [3.05, 3.63) is 11.5 Å². The lowest BCUT2D eigenvalue weighted by atomic mass is 9.89. The number of nitrogens with two attached hydrogens (primary N) is 1. The van der Waals surface area contributed by atoms with Gasteiger partial charge >= 0.3 is 5.97 Å². The van der Waals surface area contributed by atoms with Crippen LogP contribution in [0.1, 0.15) is 52.9 Å². The molecule has 1 aliphatic rings. The van der Waals surface area contributed by atoms with Crippen LogP contribution in [0.4, 0.5) is 11.5 Å².